The second-order valence-corrected chi connectivity index (χ2v) is 8.99. The van der Waals surface area contributed by atoms with Gasteiger partial charge < -0.3 is 0 Å². The Kier molecular flexibility index (Phi) is 3.38. The monoisotopic (exact) mass is 340 g/mol. The summed E-state index contributed by atoms with van der Waals surface area (Å²) in [4.78, 5) is 0. The van der Waals surface area contributed by atoms with E-state index in [-0.39, 0.29) is 0 Å². The smallest absolute Gasteiger partial charge is 0.00102 e. The molecule has 0 aromatic heterocycles. The first-order valence-electron chi connectivity index (χ1n) is 10.2. The molecule has 26 heavy (non-hydrogen) atoms. The van der Waals surface area contributed by atoms with Crippen molar-refractivity contribution in [2.75, 3.05) is 0 Å². The molecular weight excluding hydrogens is 312 g/mol. The summed E-state index contributed by atoms with van der Waals surface area (Å²) in [7, 11) is 0. The quantitative estimate of drug-likeness (QED) is 0.591. The molecule has 0 heteroatoms. The predicted octanol–water partition coefficient (Wildman–Crippen LogP) is 5.33. The summed E-state index contributed by atoms with van der Waals surface area (Å²) in [6, 6.07) is 7.51. The molecule has 0 aliphatic heterocycles. The van der Waals surface area contributed by atoms with Crippen molar-refractivity contribution in [1.82, 2.24) is 0 Å². The van der Waals surface area contributed by atoms with Gasteiger partial charge in [0.15, 0.2) is 0 Å². The maximum Gasteiger partial charge on any atom is -0.00102 e. The van der Waals surface area contributed by atoms with E-state index in [0.29, 0.717) is 11.8 Å². The topological polar surface area (TPSA) is 0 Å². The fraction of sp³-hybridized carbons (Fsp3) is 0.385. The Morgan fingerprint density at radius 3 is 2.23 bits per heavy atom. The van der Waals surface area contributed by atoms with Gasteiger partial charge in [0.1, 0.15) is 0 Å². The zero-order valence-electron chi connectivity index (χ0n) is 16.7. The normalized spacial score (nSPS) is 16.6. The van der Waals surface area contributed by atoms with Crippen LogP contribution < -0.4 is 10.4 Å². The Balaban J connectivity index is 1.75. The number of fused-ring (bicyclic) bond motifs is 5. The van der Waals surface area contributed by atoms with E-state index >= 15 is 0 Å². The molecule has 0 saturated carbocycles. The molecule has 0 nitrogen and oxygen atoms in total. The Morgan fingerprint density at radius 1 is 0.769 bits per heavy atom. The summed E-state index contributed by atoms with van der Waals surface area (Å²) in [5.41, 5.74) is 14.0. The molecule has 0 unspecified atom stereocenters. The minimum atomic E-state index is 0.580. The van der Waals surface area contributed by atoms with Crippen LogP contribution in [-0.4, -0.2) is 0 Å². The van der Waals surface area contributed by atoms with Crippen molar-refractivity contribution in [2.24, 2.45) is 5.92 Å². The molecule has 132 valence electrons. The van der Waals surface area contributed by atoms with E-state index in [1.807, 2.05) is 0 Å². The van der Waals surface area contributed by atoms with Gasteiger partial charge in [-0.1, -0.05) is 51.5 Å². The number of hydrogen-bond acceptors (Lipinski definition) is 0. The van der Waals surface area contributed by atoms with Crippen molar-refractivity contribution in [1.29, 1.82) is 0 Å². The van der Waals surface area contributed by atoms with Crippen LogP contribution in [-0.2, 0) is 12.8 Å². The lowest BCUT2D eigenvalue weighted by Crippen LogP contribution is -2.28. The average molecular weight is 341 g/mol. The number of hydrogen-bond donors (Lipinski definition) is 0. The molecule has 2 aromatic carbocycles. The Hall–Kier alpha value is -2.08. The third kappa shape index (κ3) is 2.08. The minimum Gasteiger partial charge on any atom is -0.0728 e. The van der Waals surface area contributed by atoms with Gasteiger partial charge in [-0.3, -0.25) is 0 Å². The maximum absolute atomic E-state index is 2.53. The van der Waals surface area contributed by atoms with Crippen molar-refractivity contribution in [3.8, 4) is 11.1 Å². The zero-order valence-corrected chi connectivity index (χ0v) is 16.7. The van der Waals surface area contributed by atoms with Gasteiger partial charge in [0, 0.05) is 0 Å². The first-order valence-corrected chi connectivity index (χ1v) is 10.2. The summed E-state index contributed by atoms with van der Waals surface area (Å²) in [5, 5.41) is 2.97. The fourth-order valence-corrected chi connectivity index (χ4v) is 5.66. The van der Waals surface area contributed by atoms with Crippen LogP contribution in [0.25, 0.3) is 28.9 Å². The summed E-state index contributed by atoms with van der Waals surface area (Å²) >= 11 is 0. The molecular formula is C26H28. The van der Waals surface area contributed by atoms with Crippen molar-refractivity contribution in [2.45, 2.75) is 59.8 Å². The van der Waals surface area contributed by atoms with E-state index in [0.717, 1.165) is 19.3 Å². The lowest BCUT2D eigenvalue weighted by atomic mass is 9.91. The Bertz CT molecular complexity index is 1100. The van der Waals surface area contributed by atoms with Gasteiger partial charge >= 0.3 is 0 Å². The molecule has 0 spiro atoms. The Morgan fingerprint density at radius 2 is 1.50 bits per heavy atom. The van der Waals surface area contributed by atoms with Gasteiger partial charge in [-0.05, 0) is 105 Å². The summed E-state index contributed by atoms with van der Waals surface area (Å²) in [6.45, 7) is 11.7. The molecule has 0 bridgehead atoms. The van der Waals surface area contributed by atoms with Crippen LogP contribution >= 0.6 is 0 Å². The van der Waals surface area contributed by atoms with Gasteiger partial charge in [0.05, 0.1) is 0 Å². The van der Waals surface area contributed by atoms with Crippen LogP contribution in [0.2, 0.25) is 0 Å². The lowest BCUT2D eigenvalue weighted by Gasteiger charge is -2.13. The molecule has 0 fully saturated rings. The van der Waals surface area contributed by atoms with Crippen LogP contribution in [0.1, 0.15) is 74.8 Å². The highest BCUT2D eigenvalue weighted by atomic mass is 14.3. The van der Waals surface area contributed by atoms with Crippen molar-refractivity contribution in [3.63, 3.8) is 0 Å². The molecule has 0 heterocycles. The highest BCUT2D eigenvalue weighted by Crippen LogP contribution is 2.45. The molecule has 0 radical (unpaired) electrons. The predicted molar refractivity (Wildman–Crippen MR) is 113 cm³/mol. The van der Waals surface area contributed by atoms with E-state index < -0.39 is 0 Å². The number of allylic oxidation sites excluding steroid dienone is 2. The van der Waals surface area contributed by atoms with Gasteiger partial charge in [-0.15, -0.1) is 0 Å². The van der Waals surface area contributed by atoms with E-state index in [1.165, 1.54) is 32.7 Å². The van der Waals surface area contributed by atoms with Crippen molar-refractivity contribution < 1.29 is 0 Å². The van der Waals surface area contributed by atoms with Crippen LogP contribution in [0.15, 0.2) is 23.8 Å². The molecule has 5 rings (SSSR count). The van der Waals surface area contributed by atoms with Crippen molar-refractivity contribution in [3.05, 3.63) is 62.0 Å². The third-order valence-electron chi connectivity index (χ3n) is 6.56. The first kappa shape index (κ1) is 16.1. The third-order valence-corrected chi connectivity index (χ3v) is 6.56. The van der Waals surface area contributed by atoms with Crippen LogP contribution in [0.3, 0.4) is 0 Å². The van der Waals surface area contributed by atoms with E-state index in [9.17, 15) is 0 Å². The van der Waals surface area contributed by atoms with Gasteiger partial charge in [-0.2, -0.15) is 0 Å². The number of rotatable bonds is 2. The largest absolute Gasteiger partial charge is 0.0728 e. The lowest BCUT2D eigenvalue weighted by molar-refractivity contribution is 0.842. The highest BCUT2D eigenvalue weighted by molar-refractivity contribution is 5.85. The second kappa shape index (κ2) is 5.46. The standard InChI is InChI=1S/C26H28/c1-14(2)25-16(5)9-18-11-21-19(12-22(18)25)13-24-23(21)10-17-7-6-8-20(17)26(24)15(3)4/h7-8,10-12,14-15H,6,9,13H2,1-5H3. The second-order valence-electron chi connectivity index (χ2n) is 8.99. The maximum atomic E-state index is 2.53. The van der Waals surface area contributed by atoms with Gasteiger partial charge in [0.2, 0.25) is 0 Å². The average Bonchev–Trinajstić information content (AvgIpc) is 3.23. The van der Waals surface area contributed by atoms with Crippen molar-refractivity contribution >= 4 is 17.7 Å². The Labute approximate surface area is 157 Å². The molecule has 0 saturated heterocycles. The van der Waals surface area contributed by atoms with Crippen LogP contribution in [0, 0.1) is 5.92 Å². The summed E-state index contributed by atoms with van der Waals surface area (Å²) in [5.74, 6) is 1.19. The van der Waals surface area contributed by atoms with Crippen LogP contribution in [0.5, 0.6) is 0 Å². The molecule has 2 aromatic rings. The van der Waals surface area contributed by atoms with Gasteiger partial charge in [0.25, 0.3) is 0 Å². The summed E-state index contributed by atoms with van der Waals surface area (Å²) in [6.07, 6.45) is 8.16. The molecule has 0 atom stereocenters. The van der Waals surface area contributed by atoms with E-state index in [1.54, 1.807) is 27.8 Å². The highest BCUT2D eigenvalue weighted by Gasteiger charge is 2.28. The van der Waals surface area contributed by atoms with E-state index in [2.05, 4.69) is 65.0 Å². The molecule has 0 N–H and O–H groups in total. The SMILES string of the molecule is CC1=C(C(C)C)c2cc3c(cc2C1)-c1cc2c(c(C(C)C)c1C3)=CCC=2. The summed E-state index contributed by atoms with van der Waals surface area (Å²) < 4.78 is 0. The minimum absolute atomic E-state index is 0.580. The van der Waals surface area contributed by atoms with Crippen LogP contribution in [0.4, 0.5) is 0 Å². The zero-order chi connectivity index (χ0) is 18.2. The van der Waals surface area contributed by atoms with E-state index in [4.69, 9.17) is 0 Å². The number of benzene rings is 2. The molecule has 3 aliphatic carbocycles. The van der Waals surface area contributed by atoms with Gasteiger partial charge in [-0.25, -0.2) is 0 Å². The fourth-order valence-electron chi connectivity index (χ4n) is 5.66. The first-order chi connectivity index (χ1) is 12.5. The molecule has 0 amide bonds. The molecule has 3 aliphatic rings.